The van der Waals surface area contributed by atoms with Gasteiger partial charge in [-0.3, -0.25) is 4.99 Å². The minimum atomic E-state index is 1.05. The molecule has 2 nitrogen and oxygen atoms in total. The van der Waals surface area contributed by atoms with Gasteiger partial charge in [0.25, 0.3) is 0 Å². The first-order chi connectivity index (χ1) is 5.83. The van der Waals surface area contributed by atoms with E-state index in [0.717, 1.165) is 4.80 Å². The molecule has 0 aliphatic heterocycles. The Bertz CT molecular complexity index is 465. The van der Waals surface area contributed by atoms with E-state index in [1.54, 1.807) is 11.3 Å². The van der Waals surface area contributed by atoms with E-state index >= 15 is 0 Å². The summed E-state index contributed by atoms with van der Waals surface area (Å²) in [5.41, 5.74) is 1.22. The Morgan fingerprint density at radius 1 is 1.58 bits per heavy atom. The van der Waals surface area contributed by atoms with Gasteiger partial charge in [0.05, 0.1) is 10.2 Å². The van der Waals surface area contributed by atoms with Crippen LogP contribution in [0.5, 0.6) is 0 Å². The van der Waals surface area contributed by atoms with Crippen molar-refractivity contribution in [3.63, 3.8) is 0 Å². The second-order valence-corrected chi connectivity index (χ2v) is 3.57. The Balaban J connectivity index is 2.98. The quantitative estimate of drug-likeness (QED) is 0.581. The van der Waals surface area contributed by atoms with Crippen LogP contribution >= 0.6 is 11.3 Å². The Kier molecular flexibility index (Phi) is 1.73. The SMILES string of the molecule is CN=c1sc2c[c]ccc2n1C. The van der Waals surface area contributed by atoms with E-state index in [9.17, 15) is 0 Å². The standard InChI is InChI=1S/C9H9N2S/c1-10-9-11(2)7-5-3-4-6-8(7)12-9/h3,5-6H,1-2H3. The molecule has 0 aliphatic rings. The molecule has 0 atom stereocenters. The molecule has 2 rings (SSSR count). The summed E-state index contributed by atoms with van der Waals surface area (Å²) < 4.78 is 3.33. The molecule has 12 heavy (non-hydrogen) atoms. The molecule has 2 aromatic rings. The van der Waals surface area contributed by atoms with Gasteiger partial charge < -0.3 is 4.57 Å². The highest BCUT2D eigenvalue weighted by molar-refractivity contribution is 7.16. The van der Waals surface area contributed by atoms with Crippen molar-refractivity contribution in [2.45, 2.75) is 0 Å². The molecule has 0 bridgehead atoms. The predicted octanol–water partition coefficient (Wildman–Crippen LogP) is 1.57. The highest BCUT2D eigenvalue weighted by Crippen LogP contribution is 2.14. The van der Waals surface area contributed by atoms with Crippen LogP contribution < -0.4 is 4.80 Å². The van der Waals surface area contributed by atoms with Gasteiger partial charge in [-0.1, -0.05) is 17.4 Å². The van der Waals surface area contributed by atoms with Gasteiger partial charge >= 0.3 is 0 Å². The first kappa shape index (κ1) is 7.55. The van der Waals surface area contributed by atoms with Crippen molar-refractivity contribution in [1.82, 2.24) is 4.57 Å². The summed E-state index contributed by atoms with van der Waals surface area (Å²) >= 11 is 1.69. The number of nitrogens with zero attached hydrogens (tertiary/aromatic N) is 2. The zero-order valence-corrected chi connectivity index (χ0v) is 7.85. The van der Waals surface area contributed by atoms with Gasteiger partial charge in [-0.2, -0.15) is 0 Å². The maximum atomic E-state index is 4.17. The average molecular weight is 177 g/mol. The monoisotopic (exact) mass is 177 g/mol. The van der Waals surface area contributed by atoms with Gasteiger partial charge in [-0.15, -0.1) is 0 Å². The van der Waals surface area contributed by atoms with Gasteiger partial charge in [0, 0.05) is 14.1 Å². The van der Waals surface area contributed by atoms with E-state index in [1.165, 1.54) is 10.2 Å². The number of aromatic nitrogens is 1. The third-order valence-corrected chi connectivity index (χ3v) is 3.03. The van der Waals surface area contributed by atoms with Crippen LogP contribution in [-0.2, 0) is 7.05 Å². The van der Waals surface area contributed by atoms with E-state index < -0.39 is 0 Å². The van der Waals surface area contributed by atoms with Gasteiger partial charge in [-0.25, -0.2) is 0 Å². The zero-order valence-electron chi connectivity index (χ0n) is 7.03. The molecule has 0 amide bonds. The molecule has 0 saturated carbocycles. The number of thiazole rings is 1. The van der Waals surface area contributed by atoms with Crippen LogP contribution in [0.1, 0.15) is 0 Å². The highest BCUT2D eigenvalue weighted by Gasteiger charge is 1.98. The fraction of sp³-hybridized carbons (Fsp3) is 0.222. The topological polar surface area (TPSA) is 17.3 Å². The molecule has 1 heterocycles. The smallest absolute Gasteiger partial charge is 0.185 e. The minimum Gasteiger partial charge on any atom is -0.320 e. The predicted molar refractivity (Wildman–Crippen MR) is 51.1 cm³/mol. The third kappa shape index (κ3) is 0.975. The van der Waals surface area contributed by atoms with Crippen LogP contribution in [0.25, 0.3) is 10.2 Å². The van der Waals surface area contributed by atoms with Crippen molar-refractivity contribution in [2.24, 2.45) is 12.0 Å². The van der Waals surface area contributed by atoms with Gasteiger partial charge in [0.1, 0.15) is 0 Å². The van der Waals surface area contributed by atoms with Crippen molar-refractivity contribution in [1.29, 1.82) is 0 Å². The highest BCUT2D eigenvalue weighted by atomic mass is 32.1. The molecule has 1 aromatic heterocycles. The van der Waals surface area contributed by atoms with E-state index in [-0.39, 0.29) is 0 Å². The maximum absolute atomic E-state index is 4.17. The molecule has 1 aromatic carbocycles. The van der Waals surface area contributed by atoms with Crippen LogP contribution in [0.2, 0.25) is 0 Å². The van der Waals surface area contributed by atoms with Crippen LogP contribution in [0.15, 0.2) is 23.2 Å². The van der Waals surface area contributed by atoms with E-state index in [2.05, 4.69) is 21.7 Å². The van der Waals surface area contributed by atoms with E-state index in [1.807, 2.05) is 26.2 Å². The molecule has 61 valence electrons. The number of hydrogen-bond donors (Lipinski definition) is 0. The molecule has 0 N–H and O–H groups in total. The summed E-state index contributed by atoms with van der Waals surface area (Å²) in [6.45, 7) is 0. The average Bonchev–Trinajstić information content (AvgIpc) is 2.44. The summed E-state index contributed by atoms with van der Waals surface area (Å²) in [4.78, 5) is 5.22. The molecule has 0 fully saturated rings. The lowest BCUT2D eigenvalue weighted by molar-refractivity contribution is 0.904. The van der Waals surface area contributed by atoms with Crippen LogP contribution in [0.3, 0.4) is 0 Å². The maximum Gasteiger partial charge on any atom is 0.185 e. The summed E-state index contributed by atoms with van der Waals surface area (Å²) in [6.07, 6.45) is 0. The van der Waals surface area contributed by atoms with E-state index in [4.69, 9.17) is 0 Å². The molecule has 0 aliphatic carbocycles. The summed E-state index contributed by atoms with van der Waals surface area (Å²) in [7, 11) is 3.84. The van der Waals surface area contributed by atoms with Crippen molar-refractivity contribution in [3.8, 4) is 0 Å². The van der Waals surface area contributed by atoms with Crippen molar-refractivity contribution in [3.05, 3.63) is 29.1 Å². The van der Waals surface area contributed by atoms with Crippen LogP contribution in [-0.4, -0.2) is 11.6 Å². The summed E-state index contributed by atoms with van der Waals surface area (Å²) in [5, 5.41) is 0. The number of fused-ring (bicyclic) bond motifs is 1. The first-order valence-electron chi connectivity index (χ1n) is 3.71. The second-order valence-electron chi connectivity index (χ2n) is 2.56. The summed E-state index contributed by atoms with van der Waals surface area (Å²) in [6, 6.07) is 9.03. The lowest BCUT2D eigenvalue weighted by atomic mass is 10.3. The van der Waals surface area contributed by atoms with Crippen molar-refractivity contribution >= 4 is 21.6 Å². The number of hydrogen-bond acceptors (Lipinski definition) is 2. The zero-order chi connectivity index (χ0) is 8.55. The van der Waals surface area contributed by atoms with Crippen molar-refractivity contribution < 1.29 is 0 Å². The number of rotatable bonds is 0. The van der Waals surface area contributed by atoms with Crippen LogP contribution in [0, 0.1) is 6.07 Å². The van der Waals surface area contributed by atoms with Gasteiger partial charge in [-0.05, 0) is 18.2 Å². The Hall–Kier alpha value is -1.09. The van der Waals surface area contributed by atoms with Crippen LogP contribution in [0.4, 0.5) is 0 Å². The fourth-order valence-corrected chi connectivity index (χ4v) is 2.19. The lowest BCUT2D eigenvalue weighted by Crippen LogP contribution is -2.08. The Labute approximate surface area is 74.8 Å². The first-order valence-corrected chi connectivity index (χ1v) is 4.53. The molecule has 1 radical (unpaired) electrons. The molecule has 0 unspecified atom stereocenters. The van der Waals surface area contributed by atoms with Crippen molar-refractivity contribution in [2.75, 3.05) is 7.05 Å². The normalized spacial score (nSPS) is 12.7. The summed E-state index contributed by atoms with van der Waals surface area (Å²) in [5.74, 6) is 0. The largest absolute Gasteiger partial charge is 0.320 e. The Morgan fingerprint density at radius 3 is 3.08 bits per heavy atom. The molecule has 3 heteroatoms. The van der Waals surface area contributed by atoms with Gasteiger partial charge in [0.15, 0.2) is 4.80 Å². The van der Waals surface area contributed by atoms with E-state index in [0.29, 0.717) is 0 Å². The minimum absolute atomic E-state index is 1.05. The molecule has 0 saturated heterocycles. The van der Waals surface area contributed by atoms with Gasteiger partial charge in [0.2, 0.25) is 0 Å². The molecular weight excluding hydrogens is 168 g/mol. The second kappa shape index (κ2) is 2.75. The lowest BCUT2D eigenvalue weighted by Gasteiger charge is -1.91. The fourth-order valence-electron chi connectivity index (χ4n) is 1.23. The Morgan fingerprint density at radius 2 is 2.42 bits per heavy atom. The third-order valence-electron chi connectivity index (χ3n) is 1.85. The number of aryl methyl sites for hydroxylation is 1. The number of benzene rings is 1. The molecular formula is C9H9N2S. The molecule has 0 spiro atoms.